The monoisotopic (exact) mass is 283 g/mol. The quantitative estimate of drug-likeness (QED) is 0.790. The zero-order valence-electron chi connectivity index (χ0n) is 10.7. The summed E-state index contributed by atoms with van der Waals surface area (Å²) in [7, 11) is 3.17. The van der Waals surface area contributed by atoms with Crippen molar-refractivity contribution in [2.24, 2.45) is 0 Å². The summed E-state index contributed by atoms with van der Waals surface area (Å²) >= 11 is 5.88. The molecule has 1 fully saturated rings. The second kappa shape index (κ2) is 5.48. The molecule has 1 unspecified atom stereocenters. The lowest BCUT2D eigenvalue weighted by molar-refractivity contribution is -0.132. The van der Waals surface area contributed by atoms with Gasteiger partial charge in [0, 0.05) is 31.1 Å². The van der Waals surface area contributed by atoms with E-state index < -0.39 is 6.10 Å². The molecule has 6 heteroatoms. The molecule has 1 amide bonds. The van der Waals surface area contributed by atoms with E-state index in [-0.39, 0.29) is 17.2 Å². The van der Waals surface area contributed by atoms with Gasteiger partial charge in [-0.2, -0.15) is 0 Å². The molecule has 19 heavy (non-hydrogen) atoms. The zero-order valence-corrected chi connectivity index (χ0v) is 11.4. The third-order valence-electron chi connectivity index (χ3n) is 3.03. The smallest absolute Gasteiger partial charge is 0.263 e. The molecular formula is C13H14ClNO4. The van der Waals surface area contributed by atoms with Gasteiger partial charge in [-0.1, -0.05) is 11.6 Å². The predicted molar refractivity (Wildman–Crippen MR) is 70.1 cm³/mol. The van der Waals surface area contributed by atoms with Crippen LogP contribution in [0, 0.1) is 0 Å². The molecule has 0 N–H and O–H groups in total. The number of carbonyl (C=O) groups excluding carboxylic acids is 2. The Balaban J connectivity index is 2.33. The zero-order chi connectivity index (χ0) is 14.0. The fraction of sp³-hybridized carbons (Fsp3) is 0.385. The first-order valence-corrected chi connectivity index (χ1v) is 6.19. The normalized spacial score (nSPS) is 18.6. The third kappa shape index (κ3) is 2.66. The number of aldehydes is 1. The highest BCUT2D eigenvalue weighted by Gasteiger charge is 2.32. The molecule has 0 bridgehead atoms. The van der Waals surface area contributed by atoms with Crippen LogP contribution in [0.2, 0.25) is 5.02 Å². The van der Waals surface area contributed by atoms with Gasteiger partial charge in [0.25, 0.3) is 5.91 Å². The number of rotatable bonds is 4. The van der Waals surface area contributed by atoms with Gasteiger partial charge < -0.3 is 14.4 Å². The molecular weight excluding hydrogens is 270 g/mol. The molecule has 102 valence electrons. The van der Waals surface area contributed by atoms with Crippen molar-refractivity contribution in [3.8, 4) is 11.5 Å². The molecule has 1 atom stereocenters. The number of likely N-dealkylation sites (tertiary alicyclic amines) is 1. The topological polar surface area (TPSA) is 55.8 Å². The fourth-order valence-electron chi connectivity index (χ4n) is 2.00. The summed E-state index contributed by atoms with van der Waals surface area (Å²) in [5.74, 6) is 0.501. The lowest BCUT2D eigenvalue weighted by atomic mass is 10.2. The van der Waals surface area contributed by atoms with Crippen molar-refractivity contribution in [2.45, 2.75) is 12.5 Å². The number of halogens is 1. The van der Waals surface area contributed by atoms with E-state index in [1.807, 2.05) is 0 Å². The maximum atomic E-state index is 11.8. The van der Waals surface area contributed by atoms with Crippen LogP contribution in [0.25, 0.3) is 0 Å². The number of hydrogen-bond acceptors (Lipinski definition) is 4. The van der Waals surface area contributed by atoms with Gasteiger partial charge in [0.15, 0.2) is 23.9 Å². The fourth-order valence-corrected chi connectivity index (χ4v) is 2.21. The first-order chi connectivity index (χ1) is 9.06. The third-order valence-corrected chi connectivity index (χ3v) is 3.25. The van der Waals surface area contributed by atoms with E-state index in [0.29, 0.717) is 30.0 Å². The van der Waals surface area contributed by atoms with Gasteiger partial charge in [-0.15, -0.1) is 0 Å². The van der Waals surface area contributed by atoms with Gasteiger partial charge >= 0.3 is 0 Å². The Kier molecular flexibility index (Phi) is 3.95. The van der Waals surface area contributed by atoms with Crippen LogP contribution in [-0.2, 0) is 4.79 Å². The van der Waals surface area contributed by atoms with Crippen LogP contribution in [0.3, 0.4) is 0 Å². The lowest BCUT2D eigenvalue weighted by Gasteiger charge is -2.17. The highest BCUT2D eigenvalue weighted by Crippen LogP contribution is 2.35. The molecule has 1 aromatic rings. The summed E-state index contributed by atoms with van der Waals surface area (Å²) in [6.45, 7) is 0.635. The summed E-state index contributed by atoms with van der Waals surface area (Å²) in [5.41, 5.74) is 0.270. The van der Waals surface area contributed by atoms with Crippen molar-refractivity contribution in [3.05, 3.63) is 22.7 Å². The second-order valence-electron chi connectivity index (χ2n) is 4.30. The van der Waals surface area contributed by atoms with Crippen molar-refractivity contribution in [1.82, 2.24) is 4.90 Å². The Bertz CT molecular complexity index is 518. The first kappa shape index (κ1) is 13.7. The number of amides is 1. The Morgan fingerprint density at radius 2 is 2.21 bits per heavy atom. The number of methoxy groups -OCH3 is 1. The molecule has 0 aromatic heterocycles. The minimum absolute atomic E-state index is 0.103. The number of benzene rings is 1. The van der Waals surface area contributed by atoms with E-state index in [4.69, 9.17) is 21.1 Å². The SMILES string of the molecule is COc1cc(Cl)cc(C=O)c1OC1CCN(C)C1=O. The average Bonchev–Trinajstić information content (AvgIpc) is 2.72. The van der Waals surface area contributed by atoms with E-state index in [9.17, 15) is 9.59 Å². The molecule has 0 aliphatic carbocycles. The molecule has 5 nitrogen and oxygen atoms in total. The van der Waals surface area contributed by atoms with E-state index >= 15 is 0 Å². The Morgan fingerprint density at radius 1 is 1.47 bits per heavy atom. The molecule has 1 heterocycles. The number of carbonyl (C=O) groups is 2. The number of likely N-dealkylation sites (N-methyl/N-ethyl adjacent to an activating group) is 1. The molecule has 1 aliphatic heterocycles. The van der Waals surface area contributed by atoms with Gasteiger partial charge in [0.05, 0.1) is 12.7 Å². The summed E-state index contributed by atoms with van der Waals surface area (Å²) in [6, 6.07) is 3.03. The summed E-state index contributed by atoms with van der Waals surface area (Å²) in [4.78, 5) is 24.5. The molecule has 2 rings (SSSR count). The number of hydrogen-bond donors (Lipinski definition) is 0. The summed E-state index contributed by atoms with van der Waals surface area (Å²) < 4.78 is 10.8. The van der Waals surface area contributed by atoms with Crippen LogP contribution in [0.5, 0.6) is 11.5 Å². The highest BCUT2D eigenvalue weighted by atomic mass is 35.5. The Morgan fingerprint density at radius 3 is 2.74 bits per heavy atom. The largest absolute Gasteiger partial charge is 0.493 e. The molecule has 0 radical (unpaired) electrons. The summed E-state index contributed by atoms with van der Waals surface area (Å²) in [6.07, 6.45) is 0.630. The van der Waals surface area contributed by atoms with E-state index in [0.717, 1.165) is 0 Å². The van der Waals surface area contributed by atoms with Crippen LogP contribution in [0.15, 0.2) is 12.1 Å². The van der Waals surface area contributed by atoms with Crippen molar-refractivity contribution >= 4 is 23.8 Å². The minimum atomic E-state index is -0.584. The molecule has 0 saturated carbocycles. The maximum absolute atomic E-state index is 11.8. The van der Waals surface area contributed by atoms with Gasteiger partial charge in [-0.3, -0.25) is 9.59 Å². The van der Waals surface area contributed by atoms with Crippen LogP contribution in [0.4, 0.5) is 0 Å². The standard InChI is InChI=1S/C13H14ClNO4/c1-15-4-3-10(13(15)17)19-12-8(7-16)5-9(14)6-11(12)18-2/h5-7,10H,3-4H2,1-2H3. The number of nitrogens with zero attached hydrogens (tertiary/aromatic N) is 1. The van der Waals surface area contributed by atoms with Crippen LogP contribution >= 0.6 is 11.6 Å². The van der Waals surface area contributed by atoms with E-state index in [2.05, 4.69) is 0 Å². The molecule has 0 spiro atoms. The van der Waals surface area contributed by atoms with Crippen molar-refractivity contribution < 1.29 is 19.1 Å². The first-order valence-electron chi connectivity index (χ1n) is 5.81. The lowest BCUT2D eigenvalue weighted by Crippen LogP contribution is -2.29. The highest BCUT2D eigenvalue weighted by molar-refractivity contribution is 6.31. The Labute approximate surface area is 116 Å². The van der Waals surface area contributed by atoms with Gasteiger partial charge in [-0.25, -0.2) is 0 Å². The average molecular weight is 284 g/mol. The van der Waals surface area contributed by atoms with Crippen LogP contribution in [0.1, 0.15) is 16.8 Å². The van der Waals surface area contributed by atoms with Crippen LogP contribution in [-0.4, -0.2) is 43.9 Å². The van der Waals surface area contributed by atoms with Crippen molar-refractivity contribution in [3.63, 3.8) is 0 Å². The predicted octanol–water partition coefficient (Wildman–Crippen LogP) is 1.77. The van der Waals surface area contributed by atoms with E-state index in [1.165, 1.54) is 13.2 Å². The maximum Gasteiger partial charge on any atom is 0.263 e. The van der Waals surface area contributed by atoms with Crippen molar-refractivity contribution in [1.29, 1.82) is 0 Å². The molecule has 1 saturated heterocycles. The molecule has 1 aliphatic rings. The van der Waals surface area contributed by atoms with Crippen LogP contribution < -0.4 is 9.47 Å². The number of ether oxygens (including phenoxy) is 2. The molecule has 1 aromatic carbocycles. The van der Waals surface area contributed by atoms with Gasteiger partial charge in [0.1, 0.15) is 0 Å². The van der Waals surface area contributed by atoms with Gasteiger partial charge in [0.2, 0.25) is 0 Å². The van der Waals surface area contributed by atoms with Gasteiger partial charge in [-0.05, 0) is 6.07 Å². The van der Waals surface area contributed by atoms with E-state index in [1.54, 1.807) is 18.0 Å². The summed E-state index contributed by atoms with van der Waals surface area (Å²) in [5, 5.41) is 0.376. The van der Waals surface area contributed by atoms with Crippen molar-refractivity contribution in [2.75, 3.05) is 20.7 Å². The minimum Gasteiger partial charge on any atom is -0.493 e. The second-order valence-corrected chi connectivity index (χ2v) is 4.74. The Hall–Kier alpha value is -1.75.